The van der Waals surface area contributed by atoms with Crippen molar-refractivity contribution in [3.05, 3.63) is 11.9 Å². The average Bonchev–Trinajstić information content (AvgIpc) is 3.07. The fourth-order valence-electron chi connectivity index (χ4n) is 3.29. The molecule has 1 aromatic rings. The lowest BCUT2D eigenvalue weighted by atomic mass is 9.80. The van der Waals surface area contributed by atoms with Crippen molar-refractivity contribution in [2.75, 3.05) is 13.7 Å². The van der Waals surface area contributed by atoms with Crippen LogP contribution in [0.4, 0.5) is 0 Å². The van der Waals surface area contributed by atoms with E-state index in [1.165, 1.54) is 37.5 Å². The van der Waals surface area contributed by atoms with E-state index in [4.69, 9.17) is 0 Å². The van der Waals surface area contributed by atoms with Crippen LogP contribution in [-0.4, -0.2) is 46.6 Å². The predicted octanol–water partition coefficient (Wildman–Crippen LogP) is 2.34. The van der Waals surface area contributed by atoms with Crippen LogP contribution in [0, 0.1) is 11.8 Å². The fraction of sp³-hybridized carbons (Fsp3) is 0.778. The number of esters is 1. The van der Waals surface area contributed by atoms with Crippen molar-refractivity contribution in [1.82, 2.24) is 25.6 Å². The molecule has 2 rings (SSSR count). The van der Waals surface area contributed by atoms with Gasteiger partial charge in [0.25, 0.3) is 0 Å². The molecule has 1 aliphatic carbocycles. The SMILES string of the molecule is CCNC(=NCc1cn(CC(=O)OC)nn1)NC1CCC(C(C)C)CC1.I. The van der Waals surface area contributed by atoms with Gasteiger partial charge in [-0.1, -0.05) is 19.1 Å². The maximum absolute atomic E-state index is 11.3. The van der Waals surface area contributed by atoms with Gasteiger partial charge in [0.1, 0.15) is 12.2 Å². The van der Waals surface area contributed by atoms with Crippen molar-refractivity contribution in [3.63, 3.8) is 0 Å². The number of carbonyl (C=O) groups excluding carboxylic acids is 1. The van der Waals surface area contributed by atoms with Crippen molar-refractivity contribution < 1.29 is 9.53 Å². The van der Waals surface area contributed by atoms with Crippen LogP contribution in [0.1, 0.15) is 52.1 Å². The first-order valence-corrected chi connectivity index (χ1v) is 9.52. The number of carbonyl (C=O) groups is 1. The molecule has 0 aliphatic heterocycles. The summed E-state index contributed by atoms with van der Waals surface area (Å²) in [4.78, 5) is 15.9. The first-order chi connectivity index (χ1) is 12.5. The highest BCUT2D eigenvalue weighted by Gasteiger charge is 2.23. The summed E-state index contributed by atoms with van der Waals surface area (Å²) >= 11 is 0. The molecule has 0 aromatic carbocycles. The largest absolute Gasteiger partial charge is 0.468 e. The summed E-state index contributed by atoms with van der Waals surface area (Å²) in [7, 11) is 1.35. The quantitative estimate of drug-likeness (QED) is 0.263. The summed E-state index contributed by atoms with van der Waals surface area (Å²) < 4.78 is 6.09. The first kappa shape index (κ1) is 23.6. The normalized spacial score (nSPS) is 20.1. The number of hydrogen-bond acceptors (Lipinski definition) is 5. The Bertz CT molecular complexity index is 596. The molecule has 0 unspecified atom stereocenters. The summed E-state index contributed by atoms with van der Waals surface area (Å²) in [6.07, 6.45) is 6.64. The molecule has 1 aliphatic rings. The van der Waals surface area contributed by atoms with Crippen molar-refractivity contribution in [2.24, 2.45) is 16.8 Å². The minimum absolute atomic E-state index is 0. The van der Waals surface area contributed by atoms with Gasteiger partial charge in [-0.25, -0.2) is 9.67 Å². The van der Waals surface area contributed by atoms with Crippen molar-refractivity contribution in [3.8, 4) is 0 Å². The second kappa shape index (κ2) is 12.1. The van der Waals surface area contributed by atoms with Crippen LogP contribution in [0.5, 0.6) is 0 Å². The number of nitrogens with zero attached hydrogens (tertiary/aromatic N) is 4. The Balaban J connectivity index is 0.00000364. The van der Waals surface area contributed by atoms with E-state index >= 15 is 0 Å². The lowest BCUT2D eigenvalue weighted by Crippen LogP contribution is -2.45. The van der Waals surface area contributed by atoms with E-state index in [1.54, 1.807) is 6.20 Å². The van der Waals surface area contributed by atoms with Crippen molar-refractivity contribution in [2.45, 2.75) is 65.6 Å². The number of methoxy groups -OCH3 is 1. The fourth-order valence-corrected chi connectivity index (χ4v) is 3.29. The third kappa shape index (κ3) is 8.02. The summed E-state index contributed by atoms with van der Waals surface area (Å²) in [6, 6.07) is 0.470. The molecular weight excluding hydrogens is 459 g/mol. The third-order valence-electron chi connectivity index (χ3n) is 4.90. The molecule has 0 saturated heterocycles. The van der Waals surface area contributed by atoms with Gasteiger partial charge in [0.05, 0.1) is 19.9 Å². The van der Waals surface area contributed by atoms with Crippen molar-refractivity contribution in [1.29, 1.82) is 0 Å². The topological polar surface area (TPSA) is 93.4 Å². The van der Waals surface area contributed by atoms with E-state index < -0.39 is 0 Å². The number of halogens is 1. The second-order valence-corrected chi connectivity index (χ2v) is 7.18. The number of rotatable bonds is 7. The van der Waals surface area contributed by atoms with Gasteiger partial charge in [0.15, 0.2) is 5.96 Å². The summed E-state index contributed by atoms with van der Waals surface area (Å²) in [5, 5.41) is 14.8. The third-order valence-corrected chi connectivity index (χ3v) is 4.90. The van der Waals surface area contributed by atoms with E-state index in [9.17, 15) is 4.79 Å². The van der Waals surface area contributed by atoms with Gasteiger partial charge in [-0.2, -0.15) is 0 Å². The molecule has 9 heteroatoms. The Labute approximate surface area is 178 Å². The van der Waals surface area contributed by atoms with Gasteiger partial charge < -0.3 is 15.4 Å². The lowest BCUT2D eigenvalue weighted by Gasteiger charge is -2.32. The second-order valence-electron chi connectivity index (χ2n) is 7.18. The zero-order valence-corrected chi connectivity index (χ0v) is 19.1. The number of ether oxygens (including phenoxy) is 1. The standard InChI is InChI=1S/C18H32N6O2.HI/c1-5-19-18(21-15-8-6-14(7-9-15)13(2)3)20-10-16-11-24(23-22-16)12-17(25)26-4;/h11,13-15H,5-10,12H2,1-4H3,(H2,19,20,21);1H. The van der Waals surface area contributed by atoms with Crippen LogP contribution >= 0.6 is 24.0 Å². The monoisotopic (exact) mass is 492 g/mol. The van der Waals surface area contributed by atoms with E-state index in [1.807, 2.05) is 0 Å². The minimum Gasteiger partial charge on any atom is -0.468 e. The molecule has 0 amide bonds. The lowest BCUT2D eigenvalue weighted by molar-refractivity contribution is -0.141. The van der Waals surface area contributed by atoms with Crippen LogP contribution in [0.15, 0.2) is 11.2 Å². The van der Waals surface area contributed by atoms with Crippen LogP contribution in [0.25, 0.3) is 0 Å². The molecule has 154 valence electrons. The molecule has 0 radical (unpaired) electrons. The van der Waals surface area contributed by atoms with Crippen LogP contribution in [0.3, 0.4) is 0 Å². The van der Waals surface area contributed by atoms with Crippen LogP contribution < -0.4 is 10.6 Å². The molecule has 1 heterocycles. The number of nitrogens with one attached hydrogen (secondary N) is 2. The maximum Gasteiger partial charge on any atom is 0.327 e. The van der Waals surface area contributed by atoms with E-state index in [2.05, 4.69) is 51.4 Å². The smallest absolute Gasteiger partial charge is 0.327 e. The molecule has 1 saturated carbocycles. The van der Waals surface area contributed by atoms with Gasteiger partial charge >= 0.3 is 5.97 Å². The molecule has 8 nitrogen and oxygen atoms in total. The van der Waals surface area contributed by atoms with Gasteiger partial charge in [0, 0.05) is 12.6 Å². The number of aliphatic imine (C=N–C) groups is 1. The Morgan fingerprint density at radius 1 is 1.37 bits per heavy atom. The van der Waals surface area contributed by atoms with Gasteiger partial charge in [-0.15, -0.1) is 29.1 Å². The predicted molar refractivity (Wildman–Crippen MR) is 116 cm³/mol. The Morgan fingerprint density at radius 2 is 2.07 bits per heavy atom. The number of aromatic nitrogens is 3. The highest BCUT2D eigenvalue weighted by atomic mass is 127. The van der Waals surface area contributed by atoms with Crippen LogP contribution in [0.2, 0.25) is 0 Å². The molecule has 1 aromatic heterocycles. The van der Waals surface area contributed by atoms with Gasteiger partial charge in [-0.05, 0) is 44.4 Å². The summed E-state index contributed by atoms with van der Waals surface area (Å²) in [5.74, 6) is 2.07. The van der Waals surface area contributed by atoms with Crippen LogP contribution in [-0.2, 0) is 22.6 Å². The zero-order valence-electron chi connectivity index (χ0n) is 16.8. The highest BCUT2D eigenvalue weighted by molar-refractivity contribution is 14.0. The summed E-state index contributed by atoms with van der Waals surface area (Å²) in [5.41, 5.74) is 0.717. The Hall–Kier alpha value is -1.39. The Morgan fingerprint density at radius 3 is 2.67 bits per heavy atom. The molecule has 0 atom stereocenters. The molecule has 0 spiro atoms. The molecule has 0 bridgehead atoms. The molecular formula is C18H33IN6O2. The highest BCUT2D eigenvalue weighted by Crippen LogP contribution is 2.29. The van der Waals surface area contributed by atoms with E-state index in [0.29, 0.717) is 12.6 Å². The minimum atomic E-state index is -0.350. The molecule has 2 N–H and O–H groups in total. The van der Waals surface area contributed by atoms with E-state index in [0.717, 1.165) is 30.0 Å². The van der Waals surface area contributed by atoms with Gasteiger partial charge in [-0.3, -0.25) is 4.79 Å². The molecule has 1 fully saturated rings. The number of hydrogen-bond donors (Lipinski definition) is 2. The number of guanidine groups is 1. The van der Waals surface area contributed by atoms with E-state index in [-0.39, 0.29) is 36.5 Å². The zero-order chi connectivity index (χ0) is 18.9. The first-order valence-electron chi connectivity index (χ1n) is 9.52. The average molecular weight is 492 g/mol. The molecule has 27 heavy (non-hydrogen) atoms. The maximum atomic E-state index is 11.3. The summed E-state index contributed by atoms with van der Waals surface area (Å²) in [6.45, 7) is 7.97. The Kier molecular flexibility index (Phi) is 10.6. The van der Waals surface area contributed by atoms with Gasteiger partial charge in [0.2, 0.25) is 0 Å². The van der Waals surface area contributed by atoms with Crippen molar-refractivity contribution >= 4 is 35.9 Å².